The zero-order valence-electron chi connectivity index (χ0n) is 14.4. The largest absolute Gasteiger partial charge is 0.441 e. The van der Waals surface area contributed by atoms with Gasteiger partial charge in [0, 0.05) is 23.7 Å². The molecule has 2 rings (SSSR count). The van der Waals surface area contributed by atoms with Crippen LogP contribution in [0.1, 0.15) is 40.3 Å². The average molecular weight is 370 g/mol. The van der Waals surface area contributed by atoms with E-state index >= 15 is 0 Å². The number of aromatic nitrogens is 1. The van der Waals surface area contributed by atoms with Crippen LogP contribution in [0.3, 0.4) is 0 Å². The molecule has 1 N–H and O–H groups in total. The van der Waals surface area contributed by atoms with Gasteiger partial charge < -0.3 is 9.88 Å². The molecule has 0 saturated carbocycles. The van der Waals surface area contributed by atoms with Gasteiger partial charge in [-0.1, -0.05) is 30.3 Å². The molecule has 25 heavy (non-hydrogen) atoms. The predicted molar refractivity (Wildman–Crippen MR) is 95.0 cm³/mol. The fraction of sp³-hybridized carbons (Fsp3) is 0.389. The van der Waals surface area contributed by atoms with Gasteiger partial charge in [0.05, 0.1) is 11.6 Å². The molecule has 0 aliphatic carbocycles. The van der Waals surface area contributed by atoms with Crippen LogP contribution in [0.15, 0.2) is 36.4 Å². The molecule has 0 spiro atoms. The number of carbonyl (C=O) groups is 1. The maximum atomic E-state index is 12.3. The second kappa shape index (κ2) is 7.99. The Morgan fingerprint density at radius 1 is 1.24 bits per heavy atom. The van der Waals surface area contributed by atoms with Gasteiger partial charge in [0.2, 0.25) is 0 Å². The standard InChI is InChI=1S/C18H21F3N2OS/c1-12-11-16(17(24)22-9-10-25-18(19,20)21)14(3)23(12)13(2)15-7-5-4-6-8-15/h4-8,11,13H,9-10H2,1-3H3,(H,22,24). The van der Waals surface area contributed by atoms with Gasteiger partial charge in [-0.3, -0.25) is 4.79 Å². The topological polar surface area (TPSA) is 34.0 Å². The van der Waals surface area contributed by atoms with Crippen molar-refractivity contribution in [3.05, 3.63) is 58.9 Å². The number of alkyl halides is 3. The molecule has 1 atom stereocenters. The second-order valence-corrected chi connectivity index (χ2v) is 6.95. The van der Waals surface area contributed by atoms with E-state index in [-0.39, 0.29) is 36.0 Å². The maximum absolute atomic E-state index is 12.3. The summed E-state index contributed by atoms with van der Waals surface area (Å²) in [5, 5.41) is 2.56. The minimum absolute atomic E-state index is 0.0269. The van der Waals surface area contributed by atoms with E-state index in [0.717, 1.165) is 17.0 Å². The highest BCUT2D eigenvalue weighted by Crippen LogP contribution is 2.29. The van der Waals surface area contributed by atoms with Crippen LogP contribution in [0, 0.1) is 13.8 Å². The Bertz CT molecular complexity index is 726. The van der Waals surface area contributed by atoms with Crippen LogP contribution in [-0.4, -0.2) is 28.3 Å². The van der Waals surface area contributed by atoms with Crippen molar-refractivity contribution in [2.24, 2.45) is 0 Å². The monoisotopic (exact) mass is 370 g/mol. The van der Waals surface area contributed by atoms with Crippen LogP contribution in [-0.2, 0) is 0 Å². The number of halogens is 3. The Hall–Kier alpha value is -1.89. The Balaban J connectivity index is 2.09. The lowest BCUT2D eigenvalue weighted by molar-refractivity contribution is -0.0327. The molecule has 0 saturated heterocycles. The Kier molecular flexibility index (Phi) is 6.21. The third kappa shape index (κ3) is 5.04. The maximum Gasteiger partial charge on any atom is 0.441 e. The lowest BCUT2D eigenvalue weighted by Crippen LogP contribution is -2.27. The van der Waals surface area contributed by atoms with E-state index in [0.29, 0.717) is 5.56 Å². The number of rotatable bonds is 6. The average Bonchev–Trinajstić information content (AvgIpc) is 2.85. The summed E-state index contributed by atoms with van der Waals surface area (Å²) in [6, 6.07) is 11.8. The molecule has 7 heteroatoms. The molecule has 2 aromatic rings. The fourth-order valence-electron chi connectivity index (χ4n) is 2.91. The van der Waals surface area contributed by atoms with Gasteiger partial charge in [-0.25, -0.2) is 0 Å². The molecule has 136 valence electrons. The lowest BCUT2D eigenvalue weighted by atomic mass is 10.1. The summed E-state index contributed by atoms with van der Waals surface area (Å²) < 4.78 is 38.4. The van der Waals surface area contributed by atoms with Crippen molar-refractivity contribution >= 4 is 17.7 Å². The van der Waals surface area contributed by atoms with Gasteiger partial charge in [-0.05, 0) is 44.2 Å². The molecule has 1 aromatic carbocycles. The van der Waals surface area contributed by atoms with Gasteiger partial charge in [0.25, 0.3) is 5.91 Å². The van der Waals surface area contributed by atoms with Gasteiger partial charge >= 0.3 is 5.51 Å². The number of hydrogen-bond acceptors (Lipinski definition) is 2. The summed E-state index contributed by atoms with van der Waals surface area (Å²) in [5.74, 6) is -0.545. The first-order valence-electron chi connectivity index (χ1n) is 7.93. The van der Waals surface area contributed by atoms with E-state index in [2.05, 4.69) is 16.8 Å². The number of nitrogens with one attached hydrogen (secondary N) is 1. The summed E-state index contributed by atoms with van der Waals surface area (Å²) in [6.07, 6.45) is 0. The fourth-order valence-corrected chi connectivity index (χ4v) is 3.35. The van der Waals surface area contributed by atoms with Crippen molar-refractivity contribution < 1.29 is 18.0 Å². The molecule has 1 heterocycles. The third-order valence-electron chi connectivity index (χ3n) is 4.05. The van der Waals surface area contributed by atoms with Crippen molar-refractivity contribution in [2.45, 2.75) is 32.3 Å². The zero-order valence-corrected chi connectivity index (χ0v) is 15.2. The van der Waals surface area contributed by atoms with Crippen LogP contribution >= 0.6 is 11.8 Å². The lowest BCUT2D eigenvalue weighted by Gasteiger charge is -2.19. The highest BCUT2D eigenvalue weighted by molar-refractivity contribution is 8.00. The van der Waals surface area contributed by atoms with Crippen LogP contribution < -0.4 is 5.32 Å². The predicted octanol–water partition coefficient (Wildman–Crippen LogP) is 4.70. The smallest absolute Gasteiger partial charge is 0.351 e. The third-order valence-corrected chi connectivity index (χ3v) is 4.79. The number of amides is 1. The molecule has 1 unspecified atom stereocenters. The van der Waals surface area contributed by atoms with Crippen molar-refractivity contribution in [3.63, 3.8) is 0 Å². The van der Waals surface area contributed by atoms with E-state index in [1.807, 2.05) is 44.2 Å². The van der Waals surface area contributed by atoms with Crippen molar-refractivity contribution in [1.29, 1.82) is 0 Å². The first-order chi connectivity index (χ1) is 11.7. The second-order valence-electron chi connectivity index (χ2n) is 5.79. The van der Waals surface area contributed by atoms with E-state index in [4.69, 9.17) is 0 Å². The van der Waals surface area contributed by atoms with E-state index in [9.17, 15) is 18.0 Å². The first-order valence-corrected chi connectivity index (χ1v) is 8.91. The summed E-state index contributed by atoms with van der Waals surface area (Å²) in [7, 11) is 0. The Morgan fingerprint density at radius 2 is 1.88 bits per heavy atom. The Labute approximate surface area is 149 Å². The molecule has 0 fully saturated rings. The van der Waals surface area contributed by atoms with Gasteiger partial charge in [-0.15, -0.1) is 0 Å². The van der Waals surface area contributed by atoms with Crippen molar-refractivity contribution in [1.82, 2.24) is 9.88 Å². The van der Waals surface area contributed by atoms with E-state index in [1.54, 1.807) is 6.07 Å². The number of thioether (sulfide) groups is 1. The minimum atomic E-state index is -4.27. The van der Waals surface area contributed by atoms with Gasteiger partial charge in [0.15, 0.2) is 0 Å². The number of nitrogens with zero attached hydrogens (tertiary/aromatic N) is 1. The van der Waals surface area contributed by atoms with E-state index < -0.39 is 5.51 Å². The van der Waals surface area contributed by atoms with Crippen LogP contribution in [0.25, 0.3) is 0 Å². The summed E-state index contributed by atoms with van der Waals surface area (Å²) in [6.45, 7) is 5.80. The molecule has 0 radical (unpaired) electrons. The molecule has 0 bridgehead atoms. The number of carbonyl (C=O) groups excluding carboxylic acids is 1. The molecule has 1 aromatic heterocycles. The molecular formula is C18H21F3N2OS. The highest BCUT2D eigenvalue weighted by Gasteiger charge is 2.27. The first kappa shape index (κ1) is 19.4. The van der Waals surface area contributed by atoms with Crippen molar-refractivity contribution in [2.75, 3.05) is 12.3 Å². The number of hydrogen-bond donors (Lipinski definition) is 1. The SMILES string of the molecule is Cc1cc(C(=O)NCCSC(F)(F)F)c(C)n1C(C)c1ccccc1. The molecule has 3 nitrogen and oxygen atoms in total. The zero-order chi connectivity index (χ0) is 18.6. The normalized spacial score (nSPS) is 12.9. The van der Waals surface area contributed by atoms with E-state index in [1.165, 1.54) is 0 Å². The molecule has 1 amide bonds. The van der Waals surface area contributed by atoms with Crippen molar-refractivity contribution in [3.8, 4) is 0 Å². The summed E-state index contributed by atoms with van der Waals surface area (Å²) in [5.41, 5.74) is -0.917. The van der Waals surface area contributed by atoms with Gasteiger partial charge in [0.1, 0.15) is 0 Å². The van der Waals surface area contributed by atoms with Crippen LogP contribution in [0.4, 0.5) is 13.2 Å². The minimum Gasteiger partial charge on any atom is -0.351 e. The Morgan fingerprint density at radius 3 is 2.48 bits per heavy atom. The number of aryl methyl sites for hydroxylation is 1. The van der Waals surface area contributed by atoms with Gasteiger partial charge in [-0.2, -0.15) is 13.2 Å². The molecular weight excluding hydrogens is 349 g/mol. The van der Waals surface area contributed by atoms with Crippen LogP contribution in [0.2, 0.25) is 0 Å². The quantitative estimate of drug-likeness (QED) is 0.748. The van der Waals surface area contributed by atoms with Crippen LogP contribution in [0.5, 0.6) is 0 Å². The summed E-state index contributed by atoms with van der Waals surface area (Å²) >= 11 is -0.134. The molecule has 0 aliphatic heterocycles. The highest BCUT2D eigenvalue weighted by atomic mass is 32.2. The number of benzene rings is 1. The molecule has 0 aliphatic rings. The summed E-state index contributed by atoms with van der Waals surface area (Å²) in [4.78, 5) is 12.3.